The number of amides is 1. The number of methoxy groups -OCH3 is 1. The zero-order chi connectivity index (χ0) is 20.8. The number of benzene rings is 1. The molecular weight excluding hydrogens is 344 g/mol. The zero-order valence-electron chi connectivity index (χ0n) is 17.2. The van der Waals surface area contributed by atoms with Gasteiger partial charge in [0.15, 0.2) is 0 Å². The highest BCUT2D eigenvalue weighted by atomic mass is 16.5. The maximum atomic E-state index is 12.6. The van der Waals surface area contributed by atoms with Gasteiger partial charge in [0.05, 0.1) is 7.11 Å². The second-order valence-electron chi connectivity index (χ2n) is 7.30. The van der Waals surface area contributed by atoms with Crippen molar-refractivity contribution in [3.05, 3.63) is 29.8 Å². The summed E-state index contributed by atoms with van der Waals surface area (Å²) < 4.78 is 4.82. The Kier molecular flexibility index (Phi) is 8.00. The average Bonchev–Trinajstić information content (AvgIpc) is 2.62. The molecule has 3 atom stereocenters. The van der Waals surface area contributed by atoms with Gasteiger partial charge in [-0.1, -0.05) is 39.8 Å². The molecule has 0 bridgehead atoms. The van der Waals surface area contributed by atoms with E-state index >= 15 is 0 Å². The Balaban J connectivity index is 0.00000176. The highest BCUT2D eigenvalue weighted by Gasteiger charge is 2.53. The number of hydrogen-bond donors (Lipinski definition) is 2. The molecule has 1 aliphatic rings. The van der Waals surface area contributed by atoms with Crippen LogP contribution in [0.4, 0.5) is 5.69 Å². The highest BCUT2D eigenvalue weighted by Crippen LogP contribution is 2.51. The predicted molar refractivity (Wildman–Crippen MR) is 106 cm³/mol. The van der Waals surface area contributed by atoms with E-state index in [-0.39, 0.29) is 23.5 Å². The van der Waals surface area contributed by atoms with Gasteiger partial charge in [0.25, 0.3) is 0 Å². The topological polar surface area (TPSA) is 98.5 Å². The van der Waals surface area contributed by atoms with Crippen LogP contribution in [0.3, 0.4) is 0 Å². The van der Waals surface area contributed by atoms with Crippen LogP contribution < -0.4 is 11.1 Å². The molecule has 3 unspecified atom stereocenters. The summed E-state index contributed by atoms with van der Waals surface area (Å²) in [7, 11) is 1.30. The minimum absolute atomic E-state index is 0.0976. The van der Waals surface area contributed by atoms with Gasteiger partial charge in [0.1, 0.15) is 11.8 Å². The molecule has 0 radical (unpaired) electrons. The van der Waals surface area contributed by atoms with Crippen molar-refractivity contribution in [3.63, 3.8) is 0 Å². The van der Waals surface area contributed by atoms with Gasteiger partial charge in [0, 0.05) is 23.9 Å². The van der Waals surface area contributed by atoms with Gasteiger partial charge in [-0.15, -0.1) is 0 Å². The fourth-order valence-electron chi connectivity index (χ4n) is 3.56. The summed E-state index contributed by atoms with van der Waals surface area (Å²) in [5.74, 6) is -1.02. The SMILES string of the molecule is CC.COC(=O)C(Cc1ccc(N)cc1)NC(=O)C1CC(C(C)=O)C1(C)C. The number of nitrogens with one attached hydrogen (secondary N) is 1. The van der Waals surface area contributed by atoms with Gasteiger partial charge < -0.3 is 15.8 Å². The number of ether oxygens (including phenoxy) is 1. The molecule has 150 valence electrons. The van der Waals surface area contributed by atoms with E-state index in [1.165, 1.54) is 7.11 Å². The molecule has 6 nitrogen and oxygen atoms in total. The standard InChI is InChI=1S/C19H26N2O4.C2H6/c1-11(22)14-10-15(19(14,2)3)17(23)21-16(18(24)25-4)9-12-5-7-13(20)8-6-12;1-2/h5-8,14-16H,9-10,20H2,1-4H3,(H,21,23);1-2H3. The van der Waals surface area contributed by atoms with Crippen LogP contribution in [0.25, 0.3) is 0 Å². The molecule has 0 spiro atoms. The summed E-state index contributed by atoms with van der Waals surface area (Å²) in [5.41, 5.74) is 6.77. The van der Waals surface area contributed by atoms with Gasteiger partial charge in [0.2, 0.25) is 5.91 Å². The maximum Gasteiger partial charge on any atom is 0.328 e. The van der Waals surface area contributed by atoms with E-state index in [0.29, 0.717) is 18.5 Å². The Labute approximate surface area is 161 Å². The van der Waals surface area contributed by atoms with Gasteiger partial charge >= 0.3 is 5.97 Å². The second kappa shape index (κ2) is 9.53. The molecule has 1 saturated carbocycles. The number of carbonyl (C=O) groups is 3. The van der Waals surface area contributed by atoms with Gasteiger partial charge in [-0.2, -0.15) is 0 Å². The Morgan fingerprint density at radius 1 is 1.19 bits per heavy atom. The van der Waals surface area contributed by atoms with Crippen LogP contribution in [0.15, 0.2) is 24.3 Å². The first-order valence-electron chi connectivity index (χ1n) is 9.40. The first-order chi connectivity index (χ1) is 12.7. The molecule has 1 amide bonds. The monoisotopic (exact) mass is 376 g/mol. The fraction of sp³-hybridized carbons (Fsp3) is 0.571. The van der Waals surface area contributed by atoms with Crippen molar-refractivity contribution in [2.24, 2.45) is 17.3 Å². The molecular formula is C21H32N2O4. The van der Waals surface area contributed by atoms with E-state index in [0.717, 1.165) is 5.56 Å². The normalized spacial score (nSPS) is 21.0. The smallest absolute Gasteiger partial charge is 0.328 e. The molecule has 27 heavy (non-hydrogen) atoms. The largest absolute Gasteiger partial charge is 0.467 e. The Hall–Kier alpha value is -2.37. The number of rotatable bonds is 6. The summed E-state index contributed by atoms with van der Waals surface area (Å²) >= 11 is 0. The molecule has 0 aromatic heterocycles. The molecule has 6 heteroatoms. The Morgan fingerprint density at radius 2 is 1.74 bits per heavy atom. The number of esters is 1. The lowest BCUT2D eigenvalue weighted by atomic mass is 9.53. The van der Waals surface area contributed by atoms with E-state index < -0.39 is 17.4 Å². The third-order valence-electron chi connectivity index (χ3n) is 5.30. The van der Waals surface area contributed by atoms with Crippen LogP contribution in [0.1, 0.15) is 46.6 Å². The van der Waals surface area contributed by atoms with Gasteiger partial charge in [-0.25, -0.2) is 4.79 Å². The van der Waals surface area contributed by atoms with Crippen LogP contribution in [0.5, 0.6) is 0 Å². The molecule has 1 aliphatic carbocycles. The minimum atomic E-state index is -0.770. The van der Waals surface area contributed by atoms with Crippen molar-refractivity contribution >= 4 is 23.3 Å². The number of ketones is 1. The predicted octanol–water partition coefficient (Wildman–Crippen LogP) is 2.75. The van der Waals surface area contributed by atoms with Crippen LogP contribution in [-0.4, -0.2) is 30.8 Å². The summed E-state index contributed by atoms with van der Waals surface area (Å²) in [4.78, 5) is 36.3. The molecule has 3 N–H and O–H groups in total. The zero-order valence-corrected chi connectivity index (χ0v) is 17.2. The lowest BCUT2D eigenvalue weighted by Gasteiger charge is -2.50. The molecule has 1 aromatic carbocycles. The van der Waals surface area contributed by atoms with E-state index in [1.807, 2.05) is 39.8 Å². The van der Waals surface area contributed by atoms with Crippen LogP contribution in [-0.2, 0) is 25.5 Å². The Morgan fingerprint density at radius 3 is 2.19 bits per heavy atom. The molecule has 1 fully saturated rings. The summed E-state index contributed by atoms with van der Waals surface area (Å²) in [6.07, 6.45) is 0.839. The first kappa shape index (κ1) is 22.7. The van der Waals surface area contributed by atoms with Crippen LogP contribution in [0.2, 0.25) is 0 Å². The lowest BCUT2D eigenvalue weighted by molar-refractivity contribution is -0.153. The quantitative estimate of drug-likeness (QED) is 0.587. The maximum absolute atomic E-state index is 12.6. The van der Waals surface area contributed by atoms with Crippen molar-refractivity contribution in [3.8, 4) is 0 Å². The summed E-state index contributed by atoms with van der Waals surface area (Å²) in [6, 6.07) is 6.36. The van der Waals surface area contributed by atoms with Crippen molar-refractivity contribution < 1.29 is 19.1 Å². The first-order valence-corrected chi connectivity index (χ1v) is 9.40. The van der Waals surface area contributed by atoms with Crippen molar-refractivity contribution in [2.75, 3.05) is 12.8 Å². The third-order valence-corrected chi connectivity index (χ3v) is 5.30. The van der Waals surface area contributed by atoms with E-state index in [2.05, 4.69) is 5.32 Å². The van der Waals surface area contributed by atoms with Gasteiger partial charge in [-0.3, -0.25) is 9.59 Å². The molecule has 0 aliphatic heterocycles. The third kappa shape index (κ3) is 5.31. The molecule has 0 heterocycles. The lowest BCUT2D eigenvalue weighted by Crippen LogP contribution is -2.57. The fourth-order valence-corrected chi connectivity index (χ4v) is 3.56. The molecule has 1 aromatic rings. The number of anilines is 1. The van der Waals surface area contributed by atoms with E-state index in [9.17, 15) is 14.4 Å². The Bertz CT molecular complexity index is 667. The molecule has 0 saturated heterocycles. The number of carbonyl (C=O) groups excluding carboxylic acids is 3. The number of Topliss-reactive ketones (excluding diaryl/α,β-unsaturated/α-hetero) is 1. The van der Waals surface area contributed by atoms with E-state index in [4.69, 9.17) is 10.5 Å². The van der Waals surface area contributed by atoms with Gasteiger partial charge in [-0.05, 0) is 36.5 Å². The minimum Gasteiger partial charge on any atom is -0.467 e. The highest BCUT2D eigenvalue weighted by molar-refractivity contribution is 5.90. The number of hydrogen-bond acceptors (Lipinski definition) is 5. The number of nitrogens with two attached hydrogens (primary N) is 1. The van der Waals surface area contributed by atoms with Crippen molar-refractivity contribution in [1.82, 2.24) is 5.32 Å². The molecule has 2 rings (SSSR count). The number of nitrogen functional groups attached to an aromatic ring is 1. The second-order valence-corrected chi connectivity index (χ2v) is 7.30. The van der Waals surface area contributed by atoms with Crippen LogP contribution in [0, 0.1) is 17.3 Å². The summed E-state index contributed by atoms with van der Waals surface area (Å²) in [5, 5.41) is 2.79. The summed E-state index contributed by atoms with van der Waals surface area (Å²) in [6.45, 7) is 9.39. The average molecular weight is 376 g/mol. The van der Waals surface area contributed by atoms with Crippen LogP contribution >= 0.6 is 0 Å². The van der Waals surface area contributed by atoms with Crippen molar-refractivity contribution in [1.29, 1.82) is 0 Å². The van der Waals surface area contributed by atoms with Crippen molar-refractivity contribution in [2.45, 2.75) is 53.5 Å². The van der Waals surface area contributed by atoms with E-state index in [1.54, 1.807) is 19.1 Å².